The molecule has 0 unspecified atom stereocenters. The average Bonchev–Trinajstić information content (AvgIpc) is 3.15. The van der Waals surface area contributed by atoms with Gasteiger partial charge in [-0.1, -0.05) is 0 Å². The summed E-state index contributed by atoms with van der Waals surface area (Å²) in [5.41, 5.74) is 2.57. The Balaban J connectivity index is 1.40. The topological polar surface area (TPSA) is 102 Å². The van der Waals surface area contributed by atoms with Crippen molar-refractivity contribution in [3.63, 3.8) is 0 Å². The minimum absolute atomic E-state index is 0.0971. The van der Waals surface area contributed by atoms with E-state index < -0.39 is 0 Å². The Morgan fingerprint density at radius 2 is 2.07 bits per heavy atom. The molecule has 0 aliphatic carbocycles. The number of benzene rings is 1. The van der Waals surface area contributed by atoms with Crippen LogP contribution in [0.4, 0.5) is 10.5 Å². The van der Waals surface area contributed by atoms with Crippen molar-refractivity contribution < 1.29 is 4.79 Å². The number of aromatic nitrogens is 6. The standard InChI is InChI=1S/C18H20N8O/c1-13-22-23-24-26(13)16-6-4-15(5-7-16)21-18(27)25-10-2-3-14(11-25)17-8-9-19-12-20-17/h4-9,12,14H,2-3,10-11H2,1H3,(H,21,27)/t14-/m0/s1. The van der Waals surface area contributed by atoms with Gasteiger partial charge < -0.3 is 10.2 Å². The third kappa shape index (κ3) is 3.76. The first-order valence-electron chi connectivity index (χ1n) is 8.88. The molecule has 1 atom stereocenters. The van der Waals surface area contributed by atoms with Gasteiger partial charge in [-0.25, -0.2) is 14.8 Å². The molecule has 1 aliphatic rings. The van der Waals surface area contributed by atoms with Gasteiger partial charge in [-0.05, 0) is 60.5 Å². The minimum atomic E-state index is -0.0971. The van der Waals surface area contributed by atoms with Gasteiger partial charge in [-0.3, -0.25) is 0 Å². The van der Waals surface area contributed by atoms with Gasteiger partial charge in [0.05, 0.1) is 5.69 Å². The number of tetrazole rings is 1. The number of hydrogen-bond acceptors (Lipinski definition) is 6. The Labute approximate surface area is 156 Å². The second-order valence-corrected chi connectivity index (χ2v) is 6.53. The van der Waals surface area contributed by atoms with Gasteiger partial charge in [0.15, 0.2) is 5.82 Å². The van der Waals surface area contributed by atoms with Crippen LogP contribution in [0, 0.1) is 6.92 Å². The molecule has 2 amide bonds. The summed E-state index contributed by atoms with van der Waals surface area (Å²) in [5, 5.41) is 14.4. The molecule has 138 valence electrons. The maximum atomic E-state index is 12.7. The first-order valence-corrected chi connectivity index (χ1v) is 8.88. The molecule has 0 radical (unpaired) electrons. The number of amides is 2. The molecule has 0 saturated carbocycles. The number of likely N-dealkylation sites (tertiary alicyclic amines) is 1. The fourth-order valence-corrected chi connectivity index (χ4v) is 3.30. The fraction of sp³-hybridized carbons (Fsp3) is 0.333. The highest BCUT2D eigenvalue weighted by atomic mass is 16.2. The molecule has 27 heavy (non-hydrogen) atoms. The molecule has 2 aromatic heterocycles. The summed E-state index contributed by atoms with van der Waals surface area (Å²) in [6.07, 6.45) is 5.29. The van der Waals surface area contributed by atoms with Gasteiger partial charge in [-0.2, -0.15) is 4.68 Å². The van der Waals surface area contributed by atoms with E-state index >= 15 is 0 Å². The highest BCUT2D eigenvalue weighted by Crippen LogP contribution is 2.25. The lowest BCUT2D eigenvalue weighted by atomic mass is 9.95. The number of nitrogens with one attached hydrogen (secondary N) is 1. The highest BCUT2D eigenvalue weighted by molar-refractivity contribution is 5.89. The summed E-state index contributed by atoms with van der Waals surface area (Å²) in [6, 6.07) is 9.27. The smallest absolute Gasteiger partial charge is 0.321 e. The van der Waals surface area contributed by atoms with E-state index in [0.717, 1.165) is 36.5 Å². The zero-order valence-corrected chi connectivity index (χ0v) is 15.0. The molecule has 1 aliphatic heterocycles. The molecule has 1 saturated heterocycles. The third-order valence-electron chi connectivity index (χ3n) is 4.72. The van der Waals surface area contributed by atoms with Gasteiger partial charge in [0.2, 0.25) is 0 Å². The van der Waals surface area contributed by atoms with Gasteiger partial charge in [0.25, 0.3) is 0 Å². The van der Waals surface area contributed by atoms with Crippen LogP contribution in [0.1, 0.15) is 30.3 Å². The molecular weight excluding hydrogens is 344 g/mol. The van der Waals surface area contributed by atoms with Crippen molar-refractivity contribution in [3.8, 4) is 5.69 Å². The maximum Gasteiger partial charge on any atom is 0.321 e. The number of aryl methyl sites for hydroxylation is 1. The van der Waals surface area contributed by atoms with Crippen LogP contribution in [0.2, 0.25) is 0 Å². The zero-order chi connectivity index (χ0) is 18.6. The first kappa shape index (κ1) is 17.1. The van der Waals surface area contributed by atoms with Crippen molar-refractivity contribution in [1.82, 2.24) is 35.1 Å². The number of carbonyl (C=O) groups is 1. The van der Waals surface area contributed by atoms with E-state index in [1.807, 2.05) is 42.2 Å². The number of nitrogens with zero attached hydrogens (tertiary/aromatic N) is 7. The number of urea groups is 1. The largest absolute Gasteiger partial charge is 0.324 e. The predicted octanol–water partition coefficient (Wildman–Crippen LogP) is 2.17. The van der Waals surface area contributed by atoms with Crippen molar-refractivity contribution >= 4 is 11.7 Å². The van der Waals surface area contributed by atoms with Crippen molar-refractivity contribution in [2.45, 2.75) is 25.7 Å². The number of piperidine rings is 1. The number of anilines is 1. The second-order valence-electron chi connectivity index (χ2n) is 6.53. The molecule has 1 N–H and O–H groups in total. The summed E-state index contributed by atoms with van der Waals surface area (Å²) < 4.78 is 1.64. The molecule has 1 aromatic carbocycles. The molecule has 1 fully saturated rings. The van der Waals surface area contributed by atoms with Crippen LogP contribution < -0.4 is 5.32 Å². The lowest BCUT2D eigenvalue weighted by molar-refractivity contribution is 0.192. The Morgan fingerprint density at radius 3 is 2.78 bits per heavy atom. The predicted molar refractivity (Wildman–Crippen MR) is 98.5 cm³/mol. The lowest BCUT2D eigenvalue weighted by Gasteiger charge is -2.32. The van der Waals surface area contributed by atoms with Gasteiger partial charge in [-0.15, -0.1) is 5.10 Å². The van der Waals surface area contributed by atoms with Crippen molar-refractivity contribution in [1.29, 1.82) is 0 Å². The molecule has 4 rings (SSSR count). The quantitative estimate of drug-likeness (QED) is 0.764. The summed E-state index contributed by atoms with van der Waals surface area (Å²) in [6.45, 7) is 3.24. The van der Waals surface area contributed by atoms with Crippen LogP contribution in [0.5, 0.6) is 0 Å². The molecule has 3 heterocycles. The SMILES string of the molecule is Cc1nnnn1-c1ccc(NC(=O)N2CCC[C@H](c3ccncn3)C2)cc1. The maximum absolute atomic E-state index is 12.7. The van der Waals surface area contributed by atoms with Gasteiger partial charge in [0.1, 0.15) is 6.33 Å². The number of carbonyl (C=O) groups excluding carboxylic acids is 1. The monoisotopic (exact) mass is 364 g/mol. The molecule has 3 aromatic rings. The third-order valence-corrected chi connectivity index (χ3v) is 4.72. The van der Waals surface area contributed by atoms with E-state index in [4.69, 9.17) is 0 Å². The summed E-state index contributed by atoms with van der Waals surface area (Å²) in [4.78, 5) is 22.8. The molecular formula is C18H20N8O. The van der Waals surface area contributed by atoms with Gasteiger partial charge >= 0.3 is 6.03 Å². The molecule has 0 spiro atoms. The van der Waals surface area contributed by atoms with Crippen LogP contribution in [0.15, 0.2) is 42.9 Å². The van der Waals surface area contributed by atoms with E-state index in [2.05, 4.69) is 30.8 Å². The number of rotatable bonds is 3. The second kappa shape index (κ2) is 7.48. The number of hydrogen-bond donors (Lipinski definition) is 1. The molecule has 9 heteroatoms. The molecule has 9 nitrogen and oxygen atoms in total. The van der Waals surface area contributed by atoms with E-state index in [-0.39, 0.29) is 11.9 Å². The normalized spacial score (nSPS) is 16.9. The first-order chi connectivity index (χ1) is 13.2. The summed E-state index contributed by atoms with van der Waals surface area (Å²) >= 11 is 0. The lowest BCUT2D eigenvalue weighted by Crippen LogP contribution is -2.41. The fourth-order valence-electron chi connectivity index (χ4n) is 3.30. The van der Waals surface area contributed by atoms with Crippen LogP contribution in [0.3, 0.4) is 0 Å². The van der Waals surface area contributed by atoms with Crippen molar-refractivity contribution in [2.24, 2.45) is 0 Å². The van der Waals surface area contributed by atoms with E-state index in [0.29, 0.717) is 12.4 Å². The highest BCUT2D eigenvalue weighted by Gasteiger charge is 2.25. The molecule has 0 bridgehead atoms. The van der Waals surface area contributed by atoms with E-state index in [9.17, 15) is 4.79 Å². The van der Waals surface area contributed by atoms with Crippen LogP contribution in [0.25, 0.3) is 5.69 Å². The summed E-state index contributed by atoms with van der Waals surface area (Å²) in [5.74, 6) is 0.952. The van der Waals surface area contributed by atoms with Crippen molar-refractivity contribution in [3.05, 3.63) is 54.4 Å². The van der Waals surface area contributed by atoms with Crippen molar-refractivity contribution in [2.75, 3.05) is 18.4 Å². The minimum Gasteiger partial charge on any atom is -0.324 e. The Bertz CT molecular complexity index is 909. The van der Waals surface area contributed by atoms with Crippen LogP contribution >= 0.6 is 0 Å². The average molecular weight is 364 g/mol. The van der Waals surface area contributed by atoms with E-state index in [1.54, 1.807) is 17.2 Å². The van der Waals surface area contributed by atoms with Crippen LogP contribution in [-0.4, -0.2) is 54.2 Å². The zero-order valence-electron chi connectivity index (χ0n) is 15.0. The Kier molecular flexibility index (Phi) is 4.73. The Hall–Kier alpha value is -3.36. The Morgan fingerprint density at radius 1 is 1.22 bits per heavy atom. The van der Waals surface area contributed by atoms with Gasteiger partial charge in [0, 0.05) is 36.6 Å². The summed E-state index contributed by atoms with van der Waals surface area (Å²) in [7, 11) is 0. The van der Waals surface area contributed by atoms with E-state index in [1.165, 1.54) is 0 Å². The van der Waals surface area contributed by atoms with Crippen LogP contribution in [-0.2, 0) is 0 Å².